The quantitative estimate of drug-likeness (QED) is 0.576. The van der Waals surface area contributed by atoms with E-state index in [2.05, 4.69) is 8.94 Å². The number of hydrogen-bond donors (Lipinski definition) is 0. The van der Waals surface area contributed by atoms with Crippen molar-refractivity contribution in [2.45, 2.75) is 0 Å². The van der Waals surface area contributed by atoms with Gasteiger partial charge in [-0.3, -0.25) is 0 Å². The summed E-state index contributed by atoms with van der Waals surface area (Å²) in [4.78, 5) is 0. The molecule has 1 nitrogen and oxygen atoms in total. The van der Waals surface area contributed by atoms with E-state index in [1.54, 1.807) is 0 Å². The molecule has 0 aromatic carbocycles. The maximum absolute atomic E-state index is 8.90. The number of rotatable bonds is 0. The van der Waals surface area contributed by atoms with Gasteiger partial charge in [-0.25, -0.2) is 0 Å². The van der Waals surface area contributed by atoms with Crippen LogP contribution in [-0.2, 0) is 25.4 Å². The van der Waals surface area contributed by atoms with Gasteiger partial charge in [0, 0.05) is 22.4 Å². The molecule has 0 fully saturated rings. The molecule has 0 N–H and O–H groups in total. The van der Waals surface area contributed by atoms with Crippen LogP contribution in [0.2, 0.25) is 0 Å². The molecule has 0 aliphatic heterocycles. The molecule has 0 unspecified atom stereocenters. The Morgan fingerprint density at radius 1 is 1.75 bits per heavy atom. The molecular weight excluding hydrogens is 278 g/mol. The summed E-state index contributed by atoms with van der Waals surface area (Å²) in [6.07, 6.45) is 0. The van der Waals surface area contributed by atoms with Crippen LogP contribution >= 0.6 is 8.94 Å². The standard InChI is InChI=1S/Ag.O.S.Sb. The Morgan fingerprint density at radius 2 is 1.75 bits per heavy atom. The maximum atomic E-state index is 8.90. The summed E-state index contributed by atoms with van der Waals surface area (Å²) < 4.78 is 8.90. The van der Waals surface area contributed by atoms with E-state index in [0.29, 0.717) is 0 Å². The van der Waals surface area contributed by atoms with E-state index in [0.717, 1.165) is 0 Å². The monoisotopic (exact) mass is 276 g/mol. The second-order valence-corrected chi connectivity index (χ2v) is 1.50. The Kier molecular flexibility index (Phi) is 20.3. The van der Waals surface area contributed by atoms with Crippen LogP contribution in [0.4, 0.5) is 0 Å². The summed E-state index contributed by atoms with van der Waals surface area (Å²) in [6, 6.07) is 0. The van der Waals surface area contributed by atoms with Gasteiger partial charge in [0.2, 0.25) is 0 Å². The Morgan fingerprint density at radius 3 is 1.75 bits per heavy atom. The van der Waals surface area contributed by atoms with Crippen LogP contribution in [0.25, 0.3) is 0 Å². The van der Waals surface area contributed by atoms with Crippen LogP contribution in [0.15, 0.2) is 0 Å². The Bertz CT molecular complexity index is 54.2. The van der Waals surface area contributed by atoms with Crippen molar-refractivity contribution in [1.29, 1.82) is 0 Å². The number of hydrogen-bond acceptors (Lipinski definition) is 1. The first kappa shape index (κ1) is 9.20. The molecular formula is AgOSSb. The minimum absolute atomic E-state index is 0. The molecule has 4 heavy (non-hydrogen) atoms. The SMILES string of the molecule is [Ag].[O]=[Sb]#[S]. The minimum atomic E-state index is -1.32. The molecule has 0 rings (SSSR count). The molecule has 0 saturated carbocycles. The predicted octanol–water partition coefficient (Wildman–Crippen LogP) is 0.146. The molecule has 4 heteroatoms. The van der Waals surface area contributed by atoms with E-state index in [9.17, 15) is 0 Å². The fourth-order valence-electron chi connectivity index (χ4n) is 0. The van der Waals surface area contributed by atoms with Gasteiger partial charge < -0.3 is 0 Å². The second kappa shape index (κ2) is 8.83. The van der Waals surface area contributed by atoms with E-state index in [4.69, 9.17) is 3.02 Å². The van der Waals surface area contributed by atoms with E-state index in [-0.39, 0.29) is 22.4 Å². The van der Waals surface area contributed by atoms with Crippen molar-refractivity contribution >= 4 is 28.3 Å². The molecule has 0 bridgehead atoms. The second-order valence-electron chi connectivity index (χ2n) is 0.0745. The molecule has 2 radical (unpaired) electrons. The van der Waals surface area contributed by atoms with Gasteiger partial charge in [-0.15, -0.1) is 0 Å². The van der Waals surface area contributed by atoms with E-state index in [1.165, 1.54) is 0 Å². The molecule has 0 aliphatic rings. The van der Waals surface area contributed by atoms with Crippen molar-refractivity contribution in [3.8, 4) is 0 Å². The van der Waals surface area contributed by atoms with Crippen molar-refractivity contribution < 1.29 is 25.4 Å². The van der Waals surface area contributed by atoms with E-state index < -0.39 is 19.4 Å². The molecule has 0 saturated heterocycles. The Hall–Kier alpha value is 1.71. The van der Waals surface area contributed by atoms with Crippen molar-refractivity contribution in [3.63, 3.8) is 0 Å². The zero-order valence-electron chi connectivity index (χ0n) is 1.57. The van der Waals surface area contributed by atoms with Crippen LogP contribution in [0, 0.1) is 0 Å². The van der Waals surface area contributed by atoms with E-state index >= 15 is 0 Å². The van der Waals surface area contributed by atoms with Gasteiger partial charge in [0.1, 0.15) is 0 Å². The van der Waals surface area contributed by atoms with Crippen LogP contribution in [0.3, 0.4) is 0 Å². The van der Waals surface area contributed by atoms with Crippen molar-refractivity contribution in [1.82, 2.24) is 0 Å². The third kappa shape index (κ3) is 9.32. The van der Waals surface area contributed by atoms with Gasteiger partial charge in [0.05, 0.1) is 0 Å². The van der Waals surface area contributed by atoms with Gasteiger partial charge in [-0.2, -0.15) is 0 Å². The molecule has 0 amide bonds. The average molecular weight is 278 g/mol. The first-order valence-corrected chi connectivity index (χ1v) is 4.90. The summed E-state index contributed by atoms with van der Waals surface area (Å²) in [5.41, 5.74) is 0. The fourth-order valence-corrected chi connectivity index (χ4v) is 0. The topological polar surface area (TPSA) is 17.1 Å². The molecule has 0 aromatic heterocycles. The summed E-state index contributed by atoms with van der Waals surface area (Å²) >= 11 is -1.32. The molecule has 0 spiro atoms. The first-order valence-electron chi connectivity index (χ1n) is 0.365. The molecule has 28 valence electrons. The molecule has 0 aliphatic carbocycles. The van der Waals surface area contributed by atoms with Gasteiger partial charge in [-0.05, 0) is 0 Å². The van der Waals surface area contributed by atoms with Gasteiger partial charge >= 0.3 is 31.3 Å². The predicted molar refractivity (Wildman–Crippen MR) is 14.0 cm³/mol. The Labute approximate surface area is 53.2 Å². The third-order valence-electron chi connectivity index (χ3n) is 0. The van der Waals surface area contributed by atoms with Gasteiger partial charge in [0.25, 0.3) is 0 Å². The average Bonchev–Trinajstić information content (AvgIpc) is 0.918. The molecule has 0 aromatic rings. The van der Waals surface area contributed by atoms with Crippen molar-refractivity contribution in [2.75, 3.05) is 0 Å². The normalized spacial score (nSPS) is 1.75. The molecule has 0 heterocycles. The molecule has 0 atom stereocenters. The fraction of sp³-hybridized carbons (Fsp3) is 0. The van der Waals surface area contributed by atoms with Crippen LogP contribution in [0.5, 0.6) is 0 Å². The zero-order valence-corrected chi connectivity index (χ0v) is 6.42. The van der Waals surface area contributed by atoms with Crippen molar-refractivity contribution in [3.05, 3.63) is 0 Å². The summed E-state index contributed by atoms with van der Waals surface area (Å²) in [5.74, 6) is 0. The van der Waals surface area contributed by atoms with Crippen LogP contribution in [0.1, 0.15) is 0 Å². The van der Waals surface area contributed by atoms with E-state index in [1.807, 2.05) is 0 Å². The summed E-state index contributed by atoms with van der Waals surface area (Å²) in [5, 5.41) is 0. The summed E-state index contributed by atoms with van der Waals surface area (Å²) in [7, 11) is 3.99. The Balaban J connectivity index is 0. The zero-order chi connectivity index (χ0) is 2.71. The third-order valence-corrected chi connectivity index (χ3v) is 0. The summed E-state index contributed by atoms with van der Waals surface area (Å²) in [6.45, 7) is 0. The van der Waals surface area contributed by atoms with Crippen molar-refractivity contribution in [2.24, 2.45) is 0 Å². The van der Waals surface area contributed by atoms with Gasteiger partial charge in [-0.1, -0.05) is 0 Å². The first-order chi connectivity index (χ1) is 1.41. The van der Waals surface area contributed by atoms with Gasteiger partial charge in [0.15, 0.2) is 0 Å². The van der Waals surface area contributed by atoms with Crippen LogP contribution < -0.4 is 0 Å². The van der Waals surface area contributed by atoms with Crippen LogP contribution in [-0.4, -0.2) is 19.4 Å².